The van der Waals surface area contributed by atoms with Crippen LogP contribution < -0.4 is 14.8 Å². The van der Waals surface area contributed by atoms with Crippen molar-refractivity contribution in [3.8, 4) is 11.5 Å². The second-order valence-electron chi connectivity index (χ2n) is 10.3. The summed E-state index contributed by atoms with van der Waals surface area (Å²) in [5, 5.41) is 14.1. The molecule has 7 nitrogen and oxygen atoms in total. The number of nitrogens with zero attached hydrogens (tertiary/aromatic N) is 2. The Bertz CT molecular complexity index is 1650. The number of ether oxygens (including phenoxy) is 2. The maximum Gasteiger partial charge on any atom is 0.305 e. The molecule has 0 bridgehead atoms. The summed E-state index contributed by atoms with van der Waals surface area (Å²) in [5.41, 5.74) is 5.19. The van der Waals surface area contributed by atoms with Crippen LogP contribution in [0.25, 0.3) is 10.9 Å². The number of aromatic nitrogens is 2. The lowest BCUT2D eigenvalue weighted by molar-refractivity contribution is -0.137. The van der Waals surface area contributed by atoms with Gasteiger partial charge in [0.2, 0.25) is 0 Å². The zero-order valence-electron chi connectivity index (χ0n) is 22.8. The summed E-state index contributed by atoms with van der Waals surface area (Å²) in [5.74, 6) is 1.62. The lowest BCUT2D eigenvalue weighted by Gasteiger charge is -2.20. The van der Waals surface area contributed by atoms with E-state index >= 15 is 0 Å². The first-order valence-electron chi connectivity index (χ1n) is 14.1. The van der Waals surface area contributed by atoms with Crippen molar-refractivity contribution in [2.45, 2.75) is 38.3 Å². The van der Waals surface area contributed by atoms with Gasteiger partial charge in [-0.25, -0.2) is 4.98 Å². The first-order valence-corrected chi connectivity index (χ1v) is 14.1. The van der Waals surface area contributed by atoms with Crippen molar-refractivity contribution in [3.63, 3.8) is 0 Å². The number of hydrogen-bond donors (Lipinski definition) is 2. The van der Waals surface area contributed by atoms with E-state index in [9.17, 15) is 9.90 Å². The molecule has 0 radical (unpaired) electrons. The van der Waals surface area contributed by atoms with E-state index in [-0.39, 0.29) is 12.5 Å². The van der Waals surface area contributed by atoms with Gasteiger partial charge in [-0.15, -0.1) is 0 Å². The van der Waals surface area contributed by atoms with Gasteiger partial charge in [0.05, 0.1) is 19.1 Å². The van der Waals surface area contributed by atoms with Crippen molar-refractivity contribution >= 4 is 22.7 Å². The summed E-state index contributed by atoms with van der Waals surface area (Å²) in [6.45, 7) is 1.94. The summed E-state index contributed by atoms with van der Waals surface area (Å²) in [6, 6.07) is 29.5. The highest BCUT2D eigenvalue weighted by molar-refractivity contribution is 5.82. The first-order chi connectivity index (χ1) is 20.1. The smallest absolute Gasteiger partial charge is 0.305 e. The van der Waals surface area contributed by atoms with Crippen molar-refractivity contribution in [3.05, 3.63) is 120 Å². The molecule has 0 fully saturated rings. The minimum absolute atomic E-state index is 0.0488. The van der Waals surface area contributed by atoms with E-state index in [2.05, 4.69) is 17.4 Å². The molecule has 0 amide bonds. The average Bonchev–Trinajstić information content (AvgIpc) is 3.42. The maximum atomic E-state index is 11.9. The topological polar surface area (TPSA) is 85.6 Å². The lowest BCUT2D eigenvalue weighted by atomic mass is 10.0. The van der Waals surface area contributed by atoms with Crippen LogP contribution in [-0.4, -0.2) is 33.8 Å². The number of pyridine rings is 1. The average molecular weight is 548 g/mol. The van der Waals surface area contributed by atoms with Crippen LogP contribution in [0.4, 0.5) is 5.82 Å². The van der Waals surface area contributed by atoms with Gasteiger partial charge in [0, 0.05) is 35.8 Å². The minimum Gasteiger partial charge on any atom is -0.493 e. The molecule has 0 saturated carbocycles. The van der Waals surface area contributed by atoms with Crippen molar-refractivity contribution < 1.29 is 19.4 Å². The molecule has 2 N–H and O–H groups in total. The fourth-order valence-corrected chi connectivity index (χ4v) is 5.38. The van der Waals surface area contributed by atoms with Crippen molar-refractivity contribution in [2.24, 2.45) is 0 Å². The SMILES string of the molecule is O=C(O)CC(c1cccc(OCc2ccccc2)c1)n1ccc2cc(OCCc3ccc4c(n3)NCCC4)ccc21. The van der Waals surface area contributed by atoms with Crippen molar-refractivity contribution in [1.29, 1.82) is 0 Å². The van der Waals surface area contributed by atoms with Crippen LogP contribution in [0, 0.1) is 0 Å². The molecule has 1 aliphatic heterocycles. The summed E-state index contributed by atoms with van der Waals surface area (Å²) in [6.07, 6.45) is 4.84. The van der Waals surface area contributed by atoms with E-state index in [0.29, 0.717) is 19.0 Å². The standard InChI is InChI=1S/C34H33N3O4/c38-33(39)22-32(26-8-4-10-29(20-26)41-23-24-6-2-1-3-7-24)37-18-15-27-21-30(13-14-31(27)37)40-19-16-28-12-11-25-9-5-17-35-34(25)36-28/h1-4,6-8,10-15,18,20-21,32H,5,9,16-17,19,22-23H2,(H,35,36)(H,38,39). The number of carboxylic acid groups (broad SMARTS) is 1. The van der Waals surface area contributed by atoms with Crippen LogP contribution in [0.2, 0.25) is 0 Å². The Kier molecular flexibility index (Phi) is 7.85. The summed E-state index contributed by atoms with van der Waals surface area (Å²) >= 11 is 0. The Balaban J connectivity index is 1.16. The summed E-state index contributed by atoms with van der Waals surface area (Å²) in [7, 11) is 0. The van der Waals surface area contributed by atoms with Gasteiger partial charge in [0.15, 0.2) is 0 Å². The third-order valence-electron chi connectivity index (χ3n) is 7.47. The first kappa shape index (κ1) is 26.4. The molecule has 0 saturated heterocycles. The minimum atomic E-state index is -0.863. The van der Waals surface area contributed by atoms with E-state index < -0.39 is 5.97 Å². The third-order valence-corrected chi connectivity index (χ3v) is 7.47. The van der Waals surface area contributed by atoms with Gasteiger partial charge in [0.1, 0.15) is 23.9 Å². The predicted molar refractivity (Wildman–Crippen MR) is 160 cm³/mol. The van der Waals surface area contributed by atoms with E-state index in [1.807, 2.05) is 89.6 Å². The number of rotatable bonds is 11. The number of benzene rings is 3. The fraction of sp³-hybridized carbons (Fsp3) is 0.235. The van der Waals surface area contributed by atoms with E-state index in [1.165, 1.54) is 5.56 Å². The van der Waals surface area contributed by atoms with Gasteiger partial charge < -0.3 is 24.5 Å². The number of anilines is 1. The fourth-order valence-electron chi connectivity index (χ4n) is 5.38. The summed E-state index contributed by atoms with van der Waals surface area (Å²) in [4.78, 5) is 16.7. The number of hydrogen-bond acceptors (Lipinski definition) is 5. The Morgan fingerprint density at radius 2 is 1.83 bits per heavy atom. The molecule has 1 atom stereocenters. The van der Waals surface area contributed by atoms with Crippen LogP contribution in [0.5, 0.6) is 11.5 Å². The molecule has 6 rings (SSSR count). The number of fused-ring (bicyclic) bond motifs is 2. The monoisotopic (exact) mass is 547 g/mol. The Hall–Kier alpha value is -4.78. The molecular weight excluding hydrogens is 514 g/mol. The van der Waals surface area contributed by atoms with Crippen LogP contribution in [0.15, 0.2) is 97.2 Å². The predicted octanol–water partition coefficient (Wildman–Crippen LogP) is 6.66. The molecule has 3 heterocycles. The highest BCUT2D eigenvalue weighted by Crippen LogP contribution is 2.32. The highest BCUT2D eigenvalue weighted by Gasteiger charge is 2.20. The van der Waals surface area contributed by atoms with E-state index in [1.54, 1.807) is 0 Å². The zero-order valence-corrected chi connectivity index (χ0v) is 22.8. The molecule has 7 heteroatoms. The van der Waals surface area contributed by atoms with Gasteiger partial charge in [0.25, 0.3) is 0 Å². The Morgan fingerprint density at radius 1 is 0.951 bits per heavy atom. The molecule has 1 unspecified atom stereocenters. The second-order valence-corrected chi connectivity index (χ2v) is 10.3. The van der Waals surface area contributed by atoms with Crippen LogP contribution in [-0.2, 0) is 24.2 Å². The number of nitrogens with one attached hydrogen (secondary N) is 1. The molecule has 2 aromatic heterocycles. The largest absolute Gasteiger partial charge is 0.493 e. The molecule has 5 aromatic rings. The molecule has 208 valence electrons. The quantitative estimate of drug-likeness (QED) is 0.192. The van der Waals surface area contributed by atoms with E-state index in [0.717, 1.165) is 65.1 Å². The van der Waals surface area contributed by atoms with Crippen LogP contribution in [0.1, 0.15) is 41.3 Å². The van der Waals surface area contributed by atoms with Gasteiger partial charge in [-0.2, -0.15) is 0 Å². The Labute approximate surface area is 239 Å². The van der Waals surface area contributed by atoms with Crippen LogP contribution >= 0.6 is 0 Å². The lowest BCUT2D eigenvalue weighted by Crippen LogP contribution is -2.14. The summed E-state index contributed by atoms with van der Waals surface area (Å²) < 4.78 is 14.1. The second kappa shape index (κ2) is 12.2. The normalized spacial score (nSPS) is 13.3. The Morgan fingerprint density at radius 3 is 2.71 bits per heavy atom. The molecular formula is C34H33N3O4. The number of aliphatic carboxylic acids is 1. The molecule has 3 aromatic carbocycles. The molecule has 0 aliphatic carbocycles. The van der Waals surface area contributed by atoms with Gasteiger partial charge >= 0.3 is 5.97 Å². The van der Waals surface area contributed by atoms with Crippen molar-refractivity contribution in [1.82, 2.24) is 9.55 Å². The van der Waals surface area contributed by atoms with E-state index in [4.69, 9.17) is 14.5 Å². The zero-order chi connectivity index (χ0) is 28.0. The third kappa shape index (κ3) is 6.35. The maximum absolute atomic E-state index is 11.9. The highest BCUT2D eigenvalue weighted by atomic mass is 16.5. The van der Waals surface area contributed by atoms with Crippen LogP contribution in [0.3, 0.4) is 0 Å². The van der Waals surface area contributed by atoms with Crippen molar-refractivity contribution in [2.75, 3.05) is 18.5 Å². The molecule has 41 heavy (non-hydrogen) atoms. The molecule has 0 spiro atoms. The van der Waals surface area contributed by atoms with Gasteiger partial charge in [-0.3, -0.25) is 4.79 Å². The number of carbonyl (C=O) groups is 1. The van der Waals surface area contributed by atoms with Gasteiger partial charge in [-0.1, -0.05) is 48.5 Å². The molecule has 1 aliphatic rings. The van der Waals surface area contributed by atoms with Gasteiger partial charge in [-0.05, 0) is 72.0 Å². The number of carboxylic acids is 1. The number of aryl methyl sites for hydroxylation is 1.